The molecule has 0 saturated carbocycles. The van der Waals surface area contributed by atoms with E-state index in [2.05, 4.69) is 36.5 Å². The van der Waals surface area contributed by atoms with Crippen molar-refractivity contribution < 1.29 is 9.47 Å². The van der Waals surface area contributed by atoms with Gasteiger partial charge in [0.2, 0.25) is 0 Å². The Morgan fingerprint density at radius 2 is 1.94 bits per heavy atom. The molecular formula is C15H25NO2. The van der Waals surface area contributed by atoms with Crippen LogP contribution < -0.4 is 5.32 Å². The molecular weight excluding hydrogens is 226 g/mol. The Bertz CT molecular complexity index is 290. The second-order valence-electron chi connectivity index (χ2n) is 4.32. The van der Waals surface area contributed by atoms with Gasteiger partial charge in [-0.2, -0.15) is 0 Å². The molecule has 0 heterocycles. The van der Waals surface area contributed by atoms with Crippen LogP contribution in [0.1, 0.15) is 31.4 Å². The summed E-state index contributed by atoms with van der Waals surface area (Å²) in [7, 11) is 1.72. The van der Waals surface area contributed by atoms with Crippen molar-refractivity contribution in [2.75, 3.05) is 33.4 Å². The fourth-order valence-corrected chi connectivity index (χ4v) is 1.78. The maximum absolute atomic E-state index is 5.93. The van der Waals surface area contributed by atoms with Gasteiger partial charge in [0.05, 0.1) is 6.10 Å². The molecule has 0 bridgehead atoms. The molecule has 0 amide bonds. The minimum absolute atomic E-state index is 0.134. The topological polar surface area (TPSA) is 30.5 Å². The molecule has 3 nitrogen and oxygen atoms in total. The molecule has 1 aromatic carbocycles. The van der Waals surface area contributed by atoms with E-state index in [1.54, 1.807) is 7.11 Å². The summed E-state index contributed by atoms with van der Waals surface area (Å²) < 4.78 is 11.0. The van der Waals surface area contributed by atoms with Crippen LogP contribution >= 0.6 is 0 Å². The lowest BCUT2D eigenvalue weighted by atomic mass is 10.1. The van der Waals surface area contributed by atoms with Gasteiger partial charge in [-0.3, -0.25) is 0 Å². The molecule has 0 aliphatic carbocycles. The lowest BCUT2D eigenvalue weighted by Crippen LogP contribution is -2.24. The quantitative estimate of drug-likeness (QED) is 0.649. The molecule has 3 heteroatoms. The number of benzene rings is 1. The highest BCUT2D eigenvalue weighted by molar-refractivity contribution is 5.17. The maximum Gasteiger partial charge on any atom is 0.0949 e. The monoisotopic (exact) mass is 251 g/mol. The standard InChI is InChI=1S/C15H25NO2/c1-3-10-16-13-15(18-12-7-11-17-2)14-8-5-4-6-9-14/h4-6,8-9,15-16H,3,7,10-13H2,1-2H3. The summed E-state index contributed by atoms with van der Waals surface area (Å²) in [5, 5.41) is 3.42. The van der Waals surface area contributed by atoms with E-state index in [4.69, 9.17) is 9.47 Å². The van der Waals surface area contributed by atoms with Crippen LogP contribution in [0.15, 0.2) is 30.3 Å². The fraction of sp³-hybridized carbons (Fsp3) is 0.600. The number of nitrogens with one attached hydrogen (secondary N) is 1. The summed E-state index contributed by atoms with van der Waals surface area (Å²) in [5.74, 6) is 0. The summed E-state index contributed by atoms with van der Waals surface area (Å²) in [6.07, 6.45) is 2.22. The average Bonchev–Trinajstić information content (AvgIpc) is 2.42. The Kier molecular flexibility index (Phi) is 8.47. The van der Waals surface area contributed by atoms with Gasteiger partial charge in [-0.25, -0.2) is 0 Å². The molecule has 0 aliphatic heterocycles. The molecule has 0 spiro atoms. The summed E-state index contributed by atoms with van der Waals surface area (Å²) in [4.78, 5) is 0. The van der Waals surface area contributed by atoms with E-state index in [1.807, 2.05) is 6.07 Å². The van der Waals surface area contributed by atoms with Crippen molar-refractivity contribution in [1.82, 2.24) is 5.32 Å². The summed E-state index contributed by atoms with van der Waals surface area (Å²) in [5.41, 5.74) is 1.23. The van der Waals surface area contributed by atoms with Crippen molar-refractivity contribution >= 4 is 0 Å². The van der Waals surface area contributed by atoms with Crippen LogP contribution in [-0.4, -0.2) is 33.4 Å². The Morgan fingerprint density at radius 1 is 1.17 bits per heavy atom. The number of ether oxygens (including phenoxy) is 2. The highest BCUT2D eigenvalue weighted by Crippen LogP contribution is 2.16. The minimum Gasteiger partial charge on any atom is -0.385 e. The normalized spacial score (nSPS) is 12.6. The number of rotatable bonds is 10. The second kappa shape index (κ2) is 10.1. The third kappa shape index (κ3) is 6.15. The van der Waals surface area contributed by atoms with E-state index in [0.717, 1.165) is 39.1 Å². The predicted molar refractivity (Wildman–Crippen MR) is 74.8 cm³/mol. The highest BCUT2D eigenvalue weighted by atomic mass is 16.5. The molecule has 0 radical (unpaired) electrons. The second-order valence-corrected chi connectivity index (χ2v) is 4.32. The van der Waals surface area contributed by atoms with E-state index >= 15 is 0 Å². The van der Waals surface area contributed by atoms with Gasteiger partial charge in [-0.05, 0) is 24.9 Å². The Morgan fingerprint density at radius 3 is 2.61 bits per heavy atom. The highest BCUT2D eigenvalue weighted by Gasteiger charge is 2.10. The molecule has 0 fully saturated rings. The third-order valence-corrected chi connectivity index (χ3v) is 2.74. The van der Waals surface area contributed by atoms with Crippen LogP contribution in [0.25, 0.3) is 0 Å². The summed E-state index contributed by atoms with van der Waals surface area (Å²) in [6, 6.07) is 10.4. The summed E-state index contributed by atoms with van der Waals surface area (Å²) in [6.45, 7) is 5.56. The van der Waals surface area contributed by atoms with Crippen molar-refractivity contribution in [3.05, 3.63) is 35.9 Å². The fourth-order valence-electron chi connectivity index (χ4n) is 1.78. The molecule has 0 saturated heterocycles. The average molecular weight is 251 g/mol. The number of methoxy groups -OCH3 is 1. The zero-order chi connectivity index (χ0) is 13.1. The molecule has 1 N–H and O–H groups in total. The van der Waals surface area contributed by atoms with Gasteiger partial charge in [0, 0.05) is 26.9 Å². The first kappa shape index (κ1) is 15.2. The SMILES string of the molecule is CCCNCC(OCCCOC)c1ccccc1. The summed E-state index contributed by atoms with van der Waals surface area (Å²) >= 11 is 0. The Labute approximate surface area is 110 Å². The Balaban J connectivity index is 2.42. The van der Waals surface area contributed by atoms with E-state index in [1.165, 1.54) is 5.56 Å². The molecule has 18 heavy (non-hydrogen) atoms. The van der Waals surface area contributed by atoms with Crippen LogP contribution in [-0.2, 0) is 9.47 Å². The molecule has 1 rings (SSSR count). The Hall–Kier alpha value is -0.900. The van der Waals surface area contributed by atoms with Crippen LogP contribution in [0.2, 0.25) is 0 Å². The molecule has 1 unspecified atom stereocenters. The minimum atomic E-state index is 0.134. The molecule has 0 aromatic heterocycles. The van der Waals surface area contributed by atoms with Crippen molar-refractivity contribution in [3.8, 4) is 0 Å². The van der Waals surface area contributed by atoms with Crippen molar-refractivity contribution in [2.45, 2.75) is 25.9 Å². The van der Waals surface area contributed by atoms with Gasteiger partial charge in [0.1, 0.15) is 0 Å². The van der Waals surface area contributed by atoms with E-state index in [-0.39, 0.29) is 6.10 Å². The predicted octanol–water partition coefficient (Wildman–Crippen LogP) is 2.78. The van der Waals surface area contributed by atoms with Crippen molar-refractivity contribution in [2.24, 2.45) is 0 Å². The van der Waals surface area contributed by atoms with E-state index in [9.17, 15) is 0 Å². The number of hydrogen-bond acceptors (Lipinski definition) is 3. The lowest BCUT2D eigenvalue weighted by molar-refractivity contribution is 0.0389. The zero-order valence-electron chi connectivity index (χ0n) is 11.5. The van der Waals surface area contributed by atoms with Crippen LogP contribution in [0.4, 0.5) is 0 Å². The van der Waals surface area contributed by atoms with Gasteiger partial charge < -0.3 is 14.8 Å². The smallest absolute Gasteiger partial charge is 0.0949 e. The van der Waals surface area contributed by atoms with E-state index < -0.39 is 0 Å². The first-order valence-corrected chi connectivity index (χ1v) is 6.74. The van der Waals surface area contributed by atoms with Gasteiger partial charge in [0.25, 0.3) is 0 Å². The van der Waals surface area contributed by atoms with Gasteiger partial charge in [-0.15, -0.1) is 0 Å². The molecule has 0 aliphatic rings. The van der Waals surface area contributed by atoms with Crippen molar-refractivity contribution in [3.63, 3.8) is 0 Å². The first-order chi connectivity index (χ1) is 8.88. The lowest BCUT2D eigenvalue weighted by Gasteiger charge is -2.19. The largest absolute Gasteiger partial charge is 0.385 e. The zero-order valence-corrected chi connectivity index (χ0v) is 11.5. The molecule has 1 aromatic rings. The maximum atomic E-state index is 5.93. The van der Waals surface area contributed by atoms with Crippen LogP contribution in [0.5, 0.6) is 0 Å². The van der Waals surface area contributed by atoms with Crippen LogP contribution in [0.3, 0.4) is 0 Å². The first-order valence-electron chi connectivity index (χ1n) is 6.74. The van der Waals surface area contributed by atoms with Crippen molar-refractivity contribution in [1.29, 1.82) is 0 Å². The molecule has 1 atom stereocenters. The third-order valence-electron chi connectivity index (χ3n) is 2.74. The number of hydrogen-bond donors (Lipinski definition) is 1. The van der Waals surface area contributed by atoms with Gasteiger partial charge >= 0.3 is 0 Å². The molecule has 102 valence electrons. The van der Waals surface area contributed by atoms with Gasteiger partial charge in [0.15, 0.2) is 0 Å². The van der Waals surface area contributed by atoms with Gasteiger partial charge in [-0.1, -0.05) is 37.3 Å². The van der Waals surface area contributed by atoms with Crippen LogP contribution in [0, 0.1) is 0 Å². The van der Waals surface area contributed by atoms with E-state index in [0.29, 0.717) is 0 Å².